The van der Waals surface area contributed by atoms with Gasteiger partial charge in [0.15, 0.2) is 11.6 Å². The first-order valence-electron chi connectivity index (χ1n) is 5.60. The van der Waals surface area contributed by atoms with Crippen molar-refractivity contribution < 1.29 is 14.2 Å². The van der Waals surface area contributed by atoms with Crippen LogP contribution in [0.4, 0.5) is 4.39 Å². The third kappa shape index (κ3) is 2.65. The van der Waals surface area contributed by atoms with Gasteiger partial charge in [-0.25, -0.2) is 9.07 Å². The van der Waals surface area contributed by atoms with Crippen LogP contribution in [0.1, 0.15) is 12.1 Å². The average molecular weight is 251 g/mol. The third-order valence-corrected chi connectivity index (χ3v) is 2.53. The highest BCUT2D eigenvalue weighted by Gasteiger charge is 2.07. The summed E-state index contributed by atoms with van der Waals surface area (Å²) in [6, 6.07) is 4.48. The summed E-state index contributed by atoms with van der Waals surface area (Å²) in [7, 11) is 1.41. The fourth-order valence-corrected chi connectivity index (χ4v) is 1.59. The maximum atomic E-state index is 13.3. The van der Waals surface area contributed by atoms with Gasteiger partial charge in [0.25, 0.3) is 0 Å². The highest BCUT2D eigenvalue weighted by molar-refractivity contribution is 5.39. The summed E-state index contributed by atoms with van der Waals surface area (Å²) in [6.07, 6.45) is 3.06. The van der Waals surface area contributed by atoms with E-state index in [1.165, 1.54) is 13.2 Å². The first-order valence-corrected chi connectivity index (χ1v) is 5.60. The number of hydrogen-bond acceptors (Lipinski definition) is 4. The Bertz CT molecular complexity index is 528. The van der Waals surface area contributed by atoms with Crippen LogP contribution in [0.5, 0.6) is 5.75 Å². The zero-order valence-corrected chi connectivity index (χ0v) is 10.0. The predicted octanol–water partition coefficient (Wildman–Crippen LogP) is 1.34. The molecular formula is C12H14FN3O2. The van der Waals surface area contributed by atoms with Crippen molar-refractivity contribution in [2.24, 2.45) is 0 Å². The lowest BCUT2D eigenvalue weighted by atomic mass is 10.2. The zero-order valence-electron chi connectivity index (χ0n) is 10.0. The molecule has 2 rings (SSSR count). The van der Waals surface area contributed by atoms with Crippen molar-refractivity contribution in [2.45, 2.75) is 12.8 Å². The summed E-state index contributed by atoms with van der Waals surface area (Å²) in [6.45, 7) is 0.122. The van der Waals surface area contributed by atoms with E-state index in [0.717, 1.165) is 5.69 Å². The van der Waals surface area contributed by atoms with Crippen molar-refractivity contribution in [3.63, 3.8) is 0 Å². The Morgan fingerprint density at radius 3 is 3.00 bits per heavy atom. The molecule has 1 N–H and O–H groups in total. The normalized spacial score (nSPS) is 10.6. The highest BCUT2D eigenvalue weighted by Crippen LogP contribution is 2.20. The van der Waals surface area contributed by atoms with Crippen molar-refractivity contribution in [1.82, 2.24) is 15.0 Å². The van der Waals surface area contributed by atoms with Crippen LogP contribution in [0.15, 0.2) is 24.4 Å². The van der Waals surface area contributed by atoms with Gasteiger partial charge in [0.2, 0.25) is 0 Å². The number of aliphatic hydroxyl groups excluding tert-OH is 1. The number of rotatable bonds is 5. The van der Waals surface area contributed by atoms with Gasteiger partial charge in [-0.05, 0) is 25.0 Å². The van der Waals surface area contributed by atoms with Crippen molar-refractivity contribution in [1.29, 1.82) is 0 Å². The number of aromatic nitrogens is 3. The molecule has 0 atom stereocenters. The standard InChI is InChI=1S/C12H14FN3O2/c1-18-12-7-10(4-5-11(12)13)16-8-9(14-15-16)3-2-6-17/h4-5,7-8,17H,2-3,6H2,1H3. The van der Waals surface area contributed by atoms with Gasteiger partial charge in [-0.3, -0.25) is 0 Å². The largest absolute Gasteiger partial charge is 0.494 e. The number of aryl methyl sites for hydroxylation is 1. The molecule has 0 aliphatic heterocycles. The summed E-state index contributed by atoms with van der Waals surface area (Å²) >= 11 is 0. The molecule has 1 aromatic heterocycles. The van der Waals surface area contributed by atoms with E-state index in [4.69, 9.17) is 9.84 Å². The molecule has 0 fully saturated rings. The second kappa shape index (κ2) is 5.59. The molecule has 0 aliphatic carbocycles. The summed E-state index contributed by atoms with van der Waals surface area (Å²) in [5, 5.41) is 16.7. The Morgan fingerprint density at radius 1 is 1.44 bits per heavy atom. The minimum absolute atomic E-state index is 0.122. The van der Waals surface area contributed by atoms with Crippen LogP contribution in [0.2, 0.25) is 0 Å². The highest BCUT2D eigenvalue weighted by atomic mass is 19.1. The Hall–Kier alpha value is -1.95. The van der Waals surface area contributed by atoms with Gasteiger partial charge in [-0.15, -0.1) is 5.10 Å². The minimum atomic E-state index is -0.415. The monoisotopic (exact) mass is 251 g/mol. The van der Waals surface area contributed by atoms with Crippen LogP contribution in [0, 0.1) is 5.82 Å². The van der Waals surface area contributed by atoms with Crippen molar-refractivity contribution in [2.75, 3.05) is 13.7 Å². The molecule has 1 aromatic carbocycles. The van der Waals surface area contributed by atoms with Gasteiger partial charge in [-0.2, -0.15) is 0 Å². The summed E-state index contributed by atoms with van der Waals surface area (Å²) in [4.78, 5) is 0. The molecule has 2 aromatic rings. The molecule has 0 unspecified atom stereocenters. The number of halogens is 1. The van der Waals surface area contributed by atoms with Gasteiger partial charge in [-0.1, -0.05) is 5.21 Å². The minimum Gasteiger partial charge on any atom is -0.494 e. The van der Waals surface area contributed by atoms with Crippen LogP contribution >= 0.6 is 0 Å². The molecule has 5 nitrogen and oxygen atoms in total. The summed E-state index contributed by atoms with van der Waals surface area (Å²) < 4.78 is 19.7. The molecule has 0 amide bonds. The lowest BCUT2D eigenvalue weighted by Gasteiger charge is -2.04. The molecule has 1 heterocycles. The third-order valence-electron chi connectivity index (χ3n) is 2.53. The number of aliphatic hydroxyl groups is 1. The molecule has 0 radical (unpaired) electrons. The number of nitrogens with zero attached hydrogens (tertiary/aromatic N) is 3. The Labute approximate surface area is 104 Å². The molecule has 18 heavy (non-hydrogen) atoms. The Balaban J connectivity index is 2.23. The van der Waals surface area contributed by atoms with E-state index in [0.29, 0.717) is 18.5 Å². The van der Waals surface area contributed by atoms with Crippen molar-refractivity contribution >= 4 is 0 Å². The lowest BCUT2D eigenvalue weighted by Crippen LogP contribution is -1.97. The number of ether oxygens (including phenoxy) is 1. The second-order valence-electron chi connectivity index (χ2n) is 3.80. The topological polar surface area (TPSA) is 60.2 Å². The molecule has 0 saturated heterocycles. The van der Waals surface area contributed by atoms with Crippen molar-refractivity contribution in [3.05, 3.63) is 35.9 Å². The zero-order chi connectivity index (χ0) is 13.0. The first kappa shape index (κ1) is 12.5. The van der Waals surface area contributed by atoms with E-state index >= 15 is 0 Å². The summed E-state index contributed by atoms with van der Waals surface area (Å²) in [5.41, 5.74) is 1.46. The fraction of sp³-hybridized carbons (Fsp3) is 0.333. The molecular weight excluding hydrogens is 237 g/mol. The Kier molecular flexibility index (Phi) is 3.88. The van der Waals surface area contributed by atoms with E-state index in [1.54, 1.807) is 23.0 Å². The second-order valence-corrected chi connectivity index (χ2v) is 3.80. The van der Waals surface area contributed by atoms with Gasteiger partial charge in [0, 0.05) is 12.7 Å². The van der Waals surface area contributed by atoms with Gasteiger partial charge in [0.1, 0.15) is 0 Å². The predicted molar refractivity (Wildman–Crippen MR) is 63.3 cm³/mol. The van der Waals surface area contributed by atoms with E-state index in [-0.39, 0.29) is 12.4 Å². The molecule has 96 valence electrons. The SMILES string of the molecule is COc1cc(-n2cc(CCCO)nn2)ccc1F. The van der Waals surface area contributed by atoms with Crippen LogP contribution in [0.25, 0.3) is 5.69 Å². The maximum absolute atomic E-state index is 13.3. The molecule has 0 spiro atoms. The lowest BCUT2D eigenvalue weighted by molar-refractivity contribution is 0.288. The van der Waals surface area contributed by atoms with Crippen LogP contribution in [-0.2, 0) is 6.42 Å². The number of hydrogen-bond donors (Lipinski definition) is 1. The Morgan fingerprint density at radius 2 is 2.28 bits per heavy atom. The first-order chi connectivity index (χ1) is 8.74. The van der Waals surface area contributed by atoms with Gasteiger partial charge in [0.05, 0.1) is 24.7 Å². The summed E-state index contributed by atoms with van der Waals surface area (Å²) in [5.74, 6) is -0.248. The van der Waals surface area contributed by atoms with E-state index < -0.39 is 5.82 Å². The fourth-order valence-electron chi connectivity index (χ4n) is 1.59. The molecule has 6 heteroatoms. The maximum Gasteiger partial charge on any atom is 0.165 e. The molecule has 0 saturated carbocycles. The van der Waals surface area contributed by atoms with Crippen LogP contribution in [-0.4, -0.2) is 33.8 Å². The van der Waals surface area contributed by atoms with Crippen molar-refractivity contribution in [3.8, 4) is 11.4 Å². The number of methoxy groups -OCH3 is 1. The van der Waals surface area contributed by atoms with Gasteiger partial charge >= 0.3 is 0 Å². The molecule has 0 bridgehead atoms. The van der Waals surface area contributed by atoms with E-state index in [1.807, 2.05) is 0 Å². The van der Waals surface area contributed by atoms with Gasteiger partial charge < -0.3 is 9.84 Å². The number of benzene rings is 1. The van der Waals surface area contributed by atoms with E-state index in [9.17, 15) is 4.39 Å². The van der Waals surface area contributed by atoms with Crippen LogP contribution in [0.3, 0.4) is 0 Å². The average Bonchev–Trinajstić information content (AvgIpc) is 2.85. The van der Waals surface area contributed by atoms with Crippen LogP contribution < -0.4 is 4.74 Å². The molecule has 0 aliphatic rings. The smallest absolute Gasteiger partial charge is 0.165 e. The van der Waals surface area contributed by atoms with E-state index in [2.05, 4.69) is 10.3 Å². The quantitative estimate of drug-likeness (QED) is 0.871.